The molecule has 0 aliphatic carbocycles. The molecule has 236 valence electrons. The van der Waals surface area contributed by atoms with E-state index >= 15 is 0 Å². The molecule has 0 saturated heterocycles. The second kappa shape index (κ2) is 12.5. The van der Waals surface area contributed by atoms with E-state index in [9.17, 15) is 9.59 Å². The van der Waals surface area contributed by atoms with Crippen LogP contribution in [0.3, 0.4) is 0 Å². The first-order valence-electron chi connectivity index (χ1n) is 14.9. The highest BCUT2D eigenvalue weighted by Gasteiger charge is 2.15. The molecule has 0 fully saturated rings. The Labute approximate surface area is 268 Å². The van der Waals surface area contributed by atoms with Crippen molar-refractivity contribution in [3.05, 3.63) is 104 Å². The summed E-state index contributed by atoms with van der Waals surface area (Å²) in [7, 11) is 0. The number of anilines is 1. The Hall–Kier alpha value is -5.43. The van der Waals surface area contributed by atoms with Crippen molar-refractivity contribution in [3.63, 3.8) is 0 Å². The Kier molecular flexibility index (Phi) is 8.33. The predicted octanol–water partition coefficient (Wildman–Crippen LogP) is 6.23. The van der Waals surface area contributed by atoms with Crippen LogP contribution in [0.1, 0.15) is 51.3 Å². The quantitative estimate of drug-likeness (QED) is 0.0891. The number of esters is 1. The fraction of sp³-hybridized carbons (Fsp3) is 0.242. The third kappa shape index (κ3) is 5.84. The second-order valence-corrected chi connectivity index (χ2v) is 11.5. The maximum absolute atomic E-state index is 11.9. The average molecular weight is 638 g/mol. The van der Waals surface area contributed by atoms with Crippen LogP contribution >= 0.6 is 12.2 Å². The van der Waals surface area contributed by atoms with Gasteiger partial charge in [0.2, 0.25) is 0 Å². The normalized spacial score (nSPS) is 11.2. The zero-order valence-electron chi connectivity index (χ0n) is 26.2. The van der Waals surface area contributed by atoms with E-state index in [1.807, 2.05) is 28.8 Å². The molecule has 0 radical (unpaired) electrons. The zero-order chi connectivity index (χ0) is 32.5. The highest BCUT2D eigenvalue weighted by molar-refractivity contribution is 7.71. The number of benzene rings is 2. The van der Waals surface area contributed by atoms with Gasteiger partial charge in [-0.15, -0.1) is 0 Å². The van der Waals surface area contributed by atoms with Crippen molar-refractivity contribution >= 4 is 57.0 Å². The van der Waals surface area contributed by atoms with E-state index in [1.165, 1.54) is 22.3 Å². The smallest absolute Gasteiger partial charge is 0.356 e. The van der Waals surface area contributed by atoms with E-state index in [0.29, 0.717) is 41.4 Å². The van der Waals surface area contributed by atoms with Crippen LogP contribution in [0, 0.1) is 32.5 Å². The number of ether oxygens (including phenoxy) is 1. The zero-order valence-corrected chi connectivity index (χ0v) is 27.0. The third-order valence-electron chi connectivity index (χ3n) is 8.14. The van der Waals surface area contributed by atoms with Gasteiger partial charge in [0.25, 0.3) is 5.56 Å². The van der Waals surface area contributed by atoms with Gasteiger partial charge in [0.1, 0.15) is 22.9 Å². The Morgan fingerprint density at radius 3 is 2.17 bits per heavy atom. The number of imidazole rings is 2. The summed E-state index contributed by atoms with van der Waals surface area (Å²) in [5.41, 5.74) is 11.0. The molecule has 0 unspecified atom stereocenters. The number of hydrogen-bond donors (Lipinski definition) is 6. The van der Waals surface area contributed by atoms with E-state index in [0.717, 1.165) is 39.2 Å². The van der Waals surface area contributed by atoms with Crippen molar-refractivity contribution in [1.82, 2.24) is 39.5 Å². The molecule has 0 saturated carbocycles. The molecular weight excluding hydrogens is 602 g/mol. The maximum Gasteiger partial charge on any atom is 0.356 e. The minimum absolute atomic E-state index is 0.206. The largest absolute Gasteiger partial charge is 0.461 e. The molecule has 2 aromatic carbocycles. The van der Waals surface area contributed by atoms with Crippen LogP contribution in [0.2, 0.25) is 0 Å². The molecule has 6 N–H and O–H groups in total. The summed E-state index contributed by atoms with van der Waals surface area (Å²) in [5.74, 6) is 1.26. The fourth-order valence-corrected chi connectivity index (χ4v) is 5.62. The van der Waals surface area contributed by atoms with Crippen LogP contribution in [-0.4, -0.2) is 52.0 Å². The molecule has 0 amide bonds. The second-order valence-electron chi connectivity index (χ2n) is 11.1. The first kappa shape index (κ1) is 30.6. The molecule has 0 aliphatic heterocycles. The minimum atomic E-state index is -0.365. The molecule has 5 heterocycles. The lowest BCUT2D eigenvalue weighted by atomic mass is 10.1. The minimum Gasteiger partial charge on any atom is -0.461 e. The highest BCUT2D eigenvalue weighted by atomic mass is 32.1. The molecule has 0 atom stereocenters. The molecule has 7 rings (SSSR count). The fourth-order valence-electron chi connectivity index (χ4n) is 5.37. The number of rotatable bonds is 7. The van der Waals surface area contributed by atoms with Crippen molar-refractivity contribution in [2.45, 2.75) is 47.7 Å². The number of carbonyl (C=O) groups excluding carboxylic acids is 1. The van der Waals surface area contributed by atoms with Crippen LogP contribution in [0.15, 0.2) is 53.6 Å². The van der Waals surface area contributed by atoms with Crippen molar-refractivity contribution in [2.75, 3.05) is 11.9 Å². The summed E-state index contributed by atoms with van der Waals surface area (Å²) < 4.78 is 7.27. The number of nitrogens with one attached hydrogen (secondary N) is 6. The molecule has 0 bridgehead atoms. The molecule has 0 spiro atoms. The summed E-state index contributed by atoms with van der Waals surface area (Å²) in [6.07, 6.45) is 3.44. The van der Waals surface area contributed by atoms with Crippen molar-refractivity contribution in [1.29, 1.82) is 0 Å². The maximum atomic E-state index is 11.9. The van der Waals surface area contributed by atoms with Gasteiger partial charge in [0.05, 0.1) is 53.0 Å². The van der Waals surface area contributed by atoms with Crippen LogP contribution in [0.4, 0.5) is 5.69 Å². The van der Waals surface area contributed by atoms with Crippen molar-refractivity contribution in [3.8, 4) is 0 Å². The monoisotopic (exact) mass is 637 g/mol. The predicted molar refractivity (Wildman–Crippen MR) is 182 cm³/mol. The van der Waals surface area contributed by atoms with E-state index in [1.54, 1.807) is 19.3 Å². The summed E-state index contributed by atoms with van der Waals surface area (Å²) in [4.78, 5) is 48.2. The van der Waals surface area contributed by atoms with E-state index in [2.05, 4.69) is 75.0 Å². The lowest BCUT2D eigenvalue weighted by Gasteiger charge is -2.06. The van der Waals surface area contributed by atoms with Crippen LogP contribution < -0.4 is 10.9 Å². The van der Waals surface area contributed by atoms with E-state index in [-0.39, 0.29) is 11.5 Å². The van der Waals surface area contributed by atoms with Crippen LogP contribution in [-0.2, 0) is 17.8 Å². The Morgan fingerprint density at radius 2 is 1.50 bits per heavy atom. The van der Waals surface area contributed by atoms with Gasteiger partial charge in [-0.1, -0.05) is 12.1 Å². The molecule has 13 heteroatoms. The van der Waals surface area contributed by atoms with Gasteiger partial charge < -0.3 is 34.6 Å². The lowest BCUT2D eigenvalue weighted by molar-refractivity contribution is 0.0521. The highest BCUT2D eigenvalue weighted by Crippen LogP contribution is 2.22. The third-order valence-corrected chi connectivity index (χ3v) is 8.47. The first-order valence-corrected chi connectivity index (χ1v) is 15.3. The SMILES string of the molecule is CCOC(=O)c1[nH]ccc1NCc1nc2c(C)c(C)ccc2[nH]1.Cc1ccc2[nH]c(Cn3c(=S)[nH]c(=O)c4[nH]ccc43)nc2c1C. The van der Waals surface area contributed by atoms with E-state index < -0.39 is 0 Å². The molecule has 46 heavy (non-hydrogen) atoms. The molecule has 7 aromatic rings. The number of carbonyl (C=O) groups is 1. The van der Waals surface area contributed by atoms with Gasteiger partial charge in [0.15, 0.2) is 4.77 Å². The average Bonchev–Trinajstić information content (AvgIpc) is 3.84. The van der Waals surface area contributed by atoms with Gasteiger partial charge in [0, 0.05) is 12.4 Å². The van der Waals surface area contributed by atoms with Gasteiger partial charge in [-0.2, -0.15) is 0 Å². The summed E-state index contributed by atoms with van der Waals surface area (Å²) in [6.45, 7) is 11.4. The Morgan fingerprint density at radius 1 is 0.870 bits per heavy atom. The van der Waals surface area contributed by atoms with Gasteiger partial charge in [-0.3, -0.25) is 9.78 Å². The number of hydrogen-bond acceptors (Lipinski definition) is 7. The van der Waals surface area contributed by atoms with E-state index in [4.69, 9.17) is 21.9 Å². The van der Waals surface area contributed by atoms with Crippen LogP contribution in [0.5, 0.6) is 0 Å². The standard InChI is InChI=1S/C17H20N4O2.C16H15N5OS/c1-4-23-17(22)16-12(7-8-18-16)19-9-14-20-13-6-5-10(2)11(3)15(13)21-14;1-8-3-4-10-13(9(8)2)19-12(18-10)7-21-11-5-6-17-14(11)15(22)20-16(21)23/h5-8,18-19H,4,9H2,1-3H3,(H,20,21);3-6,17H,7H2,1-2H3,(H,18,19)(H,20,22,23). The summed E-state index contributed by atoms with van der Waals surface area (Å²) >= 11 is 5.31. The summed E-state index contributed by atoms with van der Waals surface area (Å²) in [6, 6.07) is 11.9. The number of H-pyrrole nitrogens is 5. The molecular formula is C33H35N9O3S. The number of aromatic amines is 5. The molecule has 5 aromatic heterocycles. The lowest BCUT2D eigenvalue weighted by Crippen LogP contribution is -2.15. The topological polar surface area (TPSA) is 165 Å². The van der Waals surface area contributed by atoms with Crippen LogP contribution in [0.25, 0.3) is 33.1 Å². The first-order chi connectivity index (χ1) is 22.1. The van der Waals surface area contributed by atoms with Crippen molar-refractivity contribution in [2.24, 2.45) is 0 Å². The van der Waals surface area contributed by atoms with Gasteiger partial charge >= 0.3 is 5.97 Å². The Balaban J connectivity index is 0.000000162. The van der Waals surface area contributed by atoms with Gasteiger partial charge in [-0.05, 0) is 93.4 Å². The van der Waals surface area contributed by atoms with Crippen molar-refractivity contribution < 1.29 is 9.53 Å². The van der Waals surface area contributed by atoms with Gasteiger partial charge in [-0.25, -0.2) is 14.8 Å². The molecule has 0 aliphatic rings. The number of fused-ring (bicyclic) bond motifs is 3. The molecule has 12 nitrogen and oxygen atoms in total. The Bertz CT molecular complexity index is 2330. The number of aromatic nitrogens is 8. The number of nitrogens with zero attached hydrogens (tertiary/aromatic N) is 3. The number of aryl methyl sites for hydroxylation is 4. The summed E-state index contributed by atoms with van der Waals surface area (Å²) in [5, 5.41) is 3.22.